The molecule has 0 aromatic heterocycles. The van der Waals surface area contributed by atoms with Crippen LogP contribution in [0, 0.1) is 6.92 Å². The van der Waals surface area contributed by atoms with Gasteiger partial charge in [0.15, 0.2) is 0 Å². The quantitative estimate of drug-likeness (QED) is 0.853. The number of nitrogens with one attached hydrogen (secondary N) is 1. The molecular weight excluding hydrogens is 318 g/mol. The van der Waals surface area contributed by atoms with Gasteiger partial charge in [-0.15, -0.1) is 0 Å². The van der Waals surface area contributed by atoms with Crippen LogP contribution < -0.4 is 5.32 Å². The summed E-state index contributed by atoms with van der Waals surface area (Å²) in [4.78, 5) is 38.7. The Morgan fingerprint density at radius 2 is 1.74 bits per heavy atom. The molecule has 0 spiro atoms. The maximum Gasteiger partial charge on any atom is 0.233 e. The maximum absolute atomic E-state index is 12.2. The molecule has 6 nitrogen and oxygen atoms in total. The third-order valence-electron chi connectivity index (χ3n) is 3.85. The number of nitrogens with zero attached hydrogens (tertiary/aromatic N) is 2. The van der Waals surface area contributed by atoms with Gasteiger partial charge >= 0.3 is 0 Å². The van der Waals surface area contributed by atoms with E-state index in [1.807, 2.05) is 6.92 Å². The van der Waals surface area contributed by atoms with Crippen molar-refractivity contribution in [3.05, 3.63) is 28.8 Å². The number of anilines is 1. The molecule has 1 N–H and O–H groups in total. The first-order chi connectivity index (χ1) is 10.9. The van der Waals surface area contributed by atoms with Gasteiger partial charge < -0.3 is 15.1 Å². The molecule has 1 fully saturated rings. The summed E-state index contributed by atoms with van der Waals surface area (Å²) < 4.78 is 0. The zero-order chi connectivity index (χ0) is 17.0. The fourth-order valence-electron chi connectivity index (χ4n) is 2.48. The van der Waals surface area contributed by atoms with Crippen LogP contribution in [0.1, 0.15) is 18.9 Å². The second-order valence-electron chi connectivity index (χ2n) is 5.57. The Morgan fingerprint density at radius 1 is 1.13 bits per heavy atom. The third-order valence-corrected chi connectivity index (χ3v) is 4.09. The Kier molecular flexibility index (Phi) is 5.60. The molecule has 3 amide bonds. The van der Waals surface area contributed by atoms with Crippen LogP contribution in [0.2, 0.25) is 5.02 Å². The van der Waals surface area contributed by atoms with Crippen LogP contribution in [-0.4, -0.2) is 53.7 Å². The average molecular weight is 338 g/mol. The van der Waals surface area contributed by atoms with Gasteiger partial charge in [0.1, 0.15) is 6.42 Å². The number of aryl methyl sites for hydroxylation is 1. The second kappa shape index (κ2) is 7.46. The highest BCUT2D eigenvalue weighted by Gasteiger charge is 2.23. The number of benzene rings is 1. The molecule has 0 atom stereocenters. The minimum absolute atomic E-state index is 0.00746. The highest BCUT2D eigenvalue weighted by molar-refractivity contribution is 6.30. The van der Waals surface area contributed by atoms with Crippen molar-refractivity contribution in [2.24, 2.45) is 0 Å². The van der Waals surface area contributed by atoms with E-state index in [-0.39, 0.29) is 24.1 Å². The number of hydrogen-bond donors (Lipinski definition) is 1. The van der Waals surface area contributed by atoms with Crippen molar-refractivity contribution in [1.82, 2.24) is 9.80 Å². The van der Waals surface area contributed by atoms with Gasteiger partial charge in [0.05, 0.1) is 0 Å². The predicted octanol–water partition coefficient (Wildman–Crippen LogP) is 1.67. The number of amides is 3. The number of hydrogen-bond acceptors (Lipinski definition) is 3. The average Bonchev–Trinajstić information content (AvgIpc) is 2.50. The summed E-state index contributed by atoms with van der Waals surface area (Å²) in [6.07, 6.45) is -0.206. The SMILES string of the molecule is CC(=O)N1CCN(C(=O)CC(=O)Nc2ccc(Cl)cc2C)CC1. The molecular formula is C16H20ClN3O3. The summed E-state index contributed by atoms with van der Waals surface area (Å²) in [5.74, 6) is -0.570. The van der Waals surface area contributed by atoms with E-state index in [1.54, 1.807) is 28.0 Å². The largest absolute Gasteiger partial charge is 0.339 e. The van der Waals surface area contributed by atoms with Crippen LogP contribution in [0.4, 0.5) is 5.69 Å². The molecule has 1 heterocycles. The van der Waals surface area contributed by atoms with Crippen LogP contribution in [0.3, 0.4) is 0 Å². The van der Waals surface area contributed by atoms with Gasteiger partial charge in [0.25, 0.3) is 0 Å². The van der Waals surface area contributed by atoms with Gasteiger partial charge in [0.2, 0.25) is 17.7 Å². The third kappa shape index (κ3) is 4.69. The van der Waals surface area contributed by atoms with E-state index in [2.05, 4.69) is 5.32 Å². The van der Waals surface area contributed by atoms with Crippen LogP contribution in [-0.2, 0) is 14.4 Å². The van der Waals surface area contributed by atoms with Crippen LogP contribution in [0.5, 0.6) is 0 Å². The minimum Gasteiger partial charge on any atom is -0.339 e. The van der Waals surface area contributed by atoms with E-state index in [9.17, 15) is 14.4 Å². The number of piperazine rings is 1. The molecule has 7 heteroatoms. The highest BCUT2D eigenvalue weighted by atomic mass is 35.5. The highest BCUT2D eigenvalue weighted by Crippen LogP contribution is 2.19. The van der Waals surface area contributed by atoms with Crippen LogP contribution in [0.25, 0.3) is 0 Å². The van der Waals surface area contributed by atoms with Crippen molar-refractivity contribution in [2.45, 2.75) is 20.3 Å². The monoisotopic (exact) mass is 337 g/mol. The molecule has 1 saturated heterocycles. The molecule has 0 saturated carbocycles. The zero-order valence-electron chi connectivity index (χ0n) is 13.3. The summed E-state index contributed by atoms with van der Waals surface area (Å²) in [7, 11) is 0. The lowest BCUT2D eigenvalue weighted by Crippen LogP contribution is -2.50. The predicted molar refractivity (Wildman–Crippen MR) is 88.3 cm³/mol. The number of rotatable bonds is 3. The van der Waals surface area contributed by atoms with Crippen molar-refractivity contribution in [1.29, 1.82) is 0 Å². The van der Waals surface area contributed by atoms with Gasteiger partial charge in [0, 0.05) is 43.8 Å². The number of carbonyl (C=O) groups is 3. The van der Waals surface area contributed by atoms with Crippen LogP contribution >= 0.6 is 11.6 Å². The molecule has 0 aliphatic carbocycles. The molecule has 23 heavy (non-hydrogen) atoms. The first kappa shape index (κ1) is 17.3. The molecule has 2 rings (SSSR count). The summed E-state index contributed by atoms with van der Waals surface area (Å²) in [5.41, 5.74) is 1.49. The number of halogens is 1. The maximum atomic E-state index is 12.2. The fourth-order valence-corrected chi connectivity index (χ4v) is 2.71. The van der Waals surface area contributed by atoms with E-state index >= 15 is 0 Å². The standard InChI is InChI=1S/C16H20ClN3O3/c1-11-9-13(17)3-4-14(11)18-15(22)10-16(23)20-7-5-19(6-8-20)12(2)21/h3-4,9H,5-8,10H2,1-2H3,(H,18,22). The van der Waals surface area contributed by atoms with Crippen molar-refractivity contribution in [3.63, 3.8) is 0 Å². The molecule has 1 aromatic rings. The summed E-state index contributed by atoms with van der Waals surface area (Å²) >= 11 is 5.87. The topological polar surface area (TPSA) is 69.7 Å². The molecule has 0 bridgehead atoms. The smallest absolute Gasteiger partial charge is 0.233 e. The van der Waals surface area contributed by atoms with E-state index in [1.165, 1.54) is 6.92 Å². The van der Waals surface area contributed by atoms with Crippen molar-refractivity contribution >= 4 is 35.0 Å². The van der Waals surface area contributed by atoms with E-state index in [4.69, 9.17) is 11.6 Å². The summed E-state index contributed by atoms with van der Waals surface area (Å²) in [6.45, 7) is 5.30. The molecule has 1 aliphatic rings. The van der Waals surface area contributed by atoms with Crippen molar-refractivity contribution < 1.29 is 14.4 Å². The molecule has 1 aromatic carbocycles. The Labute approximate surface area is 140 Å². The van der Waals surface area contributed by atoms with E-state index < -0.39 is 0 Å². The van der Waals surface area contributed by atoms with Gasteiger partial charge in [-0.05, 0) is 30.7 Å². The summed E-state index contributed by atoms with van der Waals surface area (Å²) in [5, 5.41) is 3.32. The van der Waals surface area contributed by atoms with Gasteiger partial charge in [-0.1, -0.05) is 11.6 Å². The van der Waals surface area contributed by atoms with Gasteiger partial charge in [-0.2, -0.15) is 0 Å². The lowest BCUT2D eigenvalue weighted by Gasteiger charge is -2.34. The van der Waals surface area contributed by atoms with Crippen molar-refractivity contribution in [3.8, 4) is 0 Å². The fraction of sp³-hybridized carbons (Fsp3) is 0.438. The van der Waals surface area contributed by atoms with Crippen LogP contribution in [0.15, 0.2) is 18.2 Å². The molecule has 0 radical (unpaired) electrons. The first-order valence-corrected chi connectivity index (χ1v) is 7.84. The van der Waals surface area contributed by atoms with Gasteiger partial charge in [-0.3, -0.25) is 14.4 Å². The minimum atomic E-state index is -0.352. The Balaban J connectivity index is 1.85. The van der Waals surface area contributed by atoms with E-state index in [0.29, 0.717) is 36.9 Å². The van der Waals surface area contributed by atoms with Crippen molar-refractivity contribution in [2.75, 3.05) is 31.5 Å². The molecule has 1 aliphatic heterocycles. The molecule has 0 unspecified atom stereocenters. The Morgan fingerprint density at radius 3 is 2.30 bits per heavy atom. The summed E-state index contributed by atoms with van der Waals surface area (Å²) in [6, 6.07) is 5.15. The van der Waals surface area contributed by atoms with E-state index in [0.717, 1.165) is 5.56 Å². The number of carbonyl (C=O) groups excluding carboxylic acids is 3. The Hall–Kier alpha value is -2.08. The second-order valence-corrected chi connectivity index (χ2v) is 6.01. The lowest BCUT2D eigenvalue weighted by molar-refractivity contribution is -0.140. The zero-order valence-corrected chi connectivity index (χ0v) is 14.0. The van der Waals surface area contributed by atoms with Gasteiger partial charge in [-0.25, -0.2) is 0 Å². The normalized spacial score (nSPS) is 14.6. The lowest BCUT2D eigenvalue weighted by atomic mass is 10.2. The Bertz CT molecular complexity index is 625. The first-order valence-electron chi connectivity index (χ1n) is 7.46. The molecule has 124 valence electrons.